The number of likely N-dealkylation sites (N-methyl/N-ethyl adjacent to an activating group) is 1. The molecule has 0 aromatic rings. The van der Waals surface area contributed by atoms with E-state index in [4.69, 9.17) is 0 Å². The van der Waals surface area contributed by atoms with Gasteiger partial charge >= 0.3 is 0 Å². The number of aliphatic hydroxyl groups excluding tert-OH is 1. The van der Waals surface area contributed by atoms with Gasteiger partial charge in [0.15, 0.2) is 0 Å². The molecular formula is C14H28N2O2. The Bertz CT molecular complexity index is 281. The maximum atomic E-state index is 11.8. The van der Waals surface area contributed by atoms with Gasteiger partial charge in [0.1, 0.15) is 0 Å². The van der Waals surface area contributed by atoms with Crippen LogP contribution in [0.3, 0.4) is 0 Å². The monoisotopic (exact) mass is 256 g/mol. The Hall–Kier alpha value is -0.610. The lowest BCUT2D eigenvalue weighted by Crippen LogP contribution is -2.47. The number of nitrogens with one attached hydrogen (secondary N) is 1. The average molecular weight is 256 g/mol. The van der Waals surface area contributed by atoms with Gasteiger partial charge < -0.3 is 10.4 Å². The van der Waals surface area contributed by atoms with Crippen molar-refractivity contribution in [1.29, 1.82) is 0 Å². The van der Waals surface area contributed by atoms with E-state index in [2.05, 4.69) is 26.1 Å². The summed E-state index contributed by atoms with van der Waals surface area (Å²) in [5.41, 5.74) is -0.148. The quantitative estimate of drug-likeness (QED) is 0.781. The summed E-state index contributed by atoms with van der Waals surface area (Å²) >= 11 is 0. The molecule has 1 rings (SSSR count). The minimum atomic E-state index is -0.283. The number of carbonyl (C=O) groups is 1. The summed E-state index contributed by atoms with van der Waals surface area (Å²) in [5.74, 6) is 0.0465. The zero-order valence-corrected chi connectivity index (χ0v) is 12.2. The van der Waals surface area contributed by atoms with Crippen LogP contribution in [0.25, 0.3) is 0 Å². The number of carbonyl (C=O) groups excluding carboxylic acids is 1. The Labute approximate surface area is 111 Å². The molecular weight excluding hydrogens is 228 g/mol. The van der Waals surface area contributed by atoms with Crippen molar-refractivity contribution in [3.8, 4) is 0 Å². The second kappa shape index (κ2) is 6.53. The molecule has 1 saturated carbocycles. The number of rotatable bonds is 5. The maximum Gasteiger partial charge on any atom is 0.234 e. The van der Waals surface area contributed by atoms with E-state index < -0.39 is 0 Å². The first-order valence-electron chi connectivity index (χ1n) is 7.00. The molecule has 1 aliphatic carbocycles. The highest BCUT2D eigenvalue weighted by molar-refractivity contribution is 5.78. The van der Waals surface area contributed by atoms with Crippen LogP contribution in [-0.2, 0) is 4.79 Å². The average Bonchev–Trinajstić information content (AvgIpc) is 2.31. The Balaban J connectivity index is 2.37. The van der Waals surface area contributed by atoms with E-state index >= 15 is 0 Å². The number of aliphatic hydroxyl groups is 1. The number of hydrogen-bond donors (Lipinski definition) is 2. The topological polar surface area (TPSA) is 52.6 Å². The highest BCUT2D eigenvalue weighted by Crippen LogP contribution is 2.35. The lowest BCUT2D eigenvalue weighted by atomic mass is 9.73. The Morgan fingerprint density at radius 2 is 2.17 bits per heavy atom. The summed E-state index contributed by atoms with van der Waals surface area (Å²) in [6, 6.07) is 0.367. The van der Waals surface area contributed by atoms with Crippen LogP contribution < -0.4 is 5.32 Å². The molecule has 2 atom stereocenters. The van der Waals surface area contributed by atoms with E-state index in [0.717, 1.165) is 25.7 Å². The summed E-state index contributed by atoms with van der Waals surface area (Å²) in [4.78, 5) is 13.8. The van der Waals surface area contributed by atoms with Gasteiger partial charge in [0.05, 0.1) is 12.6 Å². The molecule has 0 aromatic heterocycles. The molecule has 0 unspecified atom stereocenters. The van der Waals surface area contributed by atoms with E-state index in [1.165, 1.54) is 0 Å². The van der Waals surface area contributed by atoms with E-state index in [0.29, 0.717) is 19.1 Å². The van der Waals surface area contributed by atoms with Crippen molar-refractivity contribution in [2.45, 2.75) is 58.6 Å². The third-order valence-electron chi connectivity index (χ3n) is 4.24. The first kappa shape index (κ1) is 15.4. The third kappa shape index (κ3) is 4.25. The maximum absolute atomic E-state index is 11.8. The molecule has 4 nitrogen and oxygen atoms in total. The molecule has 1 fully saturated rings. The molecule has 0 heterocycles. The minimum Gasteiger partial charge on any atom is -0.392 e. The van der Waals surface area contributed by atoms with Crippen LogP contribution in [0.15, 0.2) is 0 Å². The summed E-state index contributed by atoms with van der Waals surface area (Å²) in [7, 11) is 1.95. The molecule has 1 amide bonds. The molecule has 0 aromatic carbocycles. The highest BCUT2D eigenvalue weighted by Gasteiger charge is 2.35. The summed E-state index contributed by atoms with van der Waals surface area (Å²) in [5, 5.41) is 13.0. The third-order valence-corrected chi connectivity index (χ3v) is 4.24. The van der Waals surface area contributed by atoms with Crippen LogP contribution in [0.2, 0.25) is 0 Å². The molecule has 0 radical (unpaired) electrons. The SMILES string of the molecule is CC(C)N(C)CC(=O)NC[C@@]1(C)CCCC[C@H]1O. The summed E-state index contributed by atoms with van der Waals surface area (Å²) in [6.45, 7) is 7.21. The normalized spacial score (nSPS) is 28.7. The fourth-order valence-corrected chi connectivity index (χ4v) is 2.35. The Morgan fingerprint density at radius 1 is 1.50 bits per heavy atom. The molecule has 1 aliphatic rings. The predicted octanol–water partition coefficient (Wildman–Crippen LogP) is 1.38. The van der Waals surface area contributed by atoms with Crippen LogP contribution >= 0.6 is 0 Å². The largest absolute Gasteiger partial charge is 0.392 e. The van der Waals surface area contributed by atoms with Crippen LogP contribution in [0, 0.1) is 5.41 Å². The summed E-state index contributed by atoms with van der Waals surface area (Å²) < 4.78 is 0. The molecule has 0 aliphatic heterocycles. The van der Waals surface area contributed by atoms with Gasteiger partial charge in [0.2, 0.25) is 5.91 Å². The zero-order valence-electron chi connectivity index (χ0n) is 12.2. The van der Waals surface area contributed by atoms with Gasteiger partial charge in [0, 0.05) is 18.0 Å². The smallest absolute Gasteiger partial charge is 0.234 e. The van der Waals surface area contributed by atoms with E-state index in [-0.39, 0.29) is 17.4 Å². The van der Waals surface area contributed by atoms with E-state index in [1.807, 2.05) is 11.9 Å². The van der Waals surface area contributed by atoms with Crippen LogP contribution in [0.4, 0.5) is 0 Å². The fourth-order valence-electron chi connectivity index (χ4n) is 2.35. The van der Waals surface area contributed by atoms with Crippen molar-refractivity contribution in [2.24, 2.45) is 5.41 Å². The molecule has 2 N–H and O–H groups in total. The van der Waals surface area contributed by atoms with Crippen LogP contribution in [0.5, 0.6) is 0 Å². The van der Waals surface area contributed by atoms with E-state index in [9.17, 15) is 9.90 Å². The lowest BCUT2D eigenvalue weighted by Gasteiger charge is -2.38. The summed E-state index contributed by atoms with van der Waals surface area (Å²) in [6.07, 6.45) is 3.82. The zero-order chi connectivity index (χ0) is 13.8. The predicted molar refractivity (Wildman–Crippen MR) is 73.4 cm³/mol. The Kier molecular flexibility index (Phi) is 5.60. The van der Waals surface area contributed by atoms with Gasteiger partial charge in [-0.1, -0.05) is 19.8 Å². The number of nitrogens with zero attached hydrogens (tertiary/aromatic N) is 1. The standard InChI is InChI=1S/C14H28N2O2/c1-11(2)16(4)9-13(18)15-10-14(3)8-6-5-7-12(14)17/h11-12,17H,5-10H2,1-4H3,(H,15,18)/t12-,14-/m1/s1. The first-order chi connectivity index (χ1) is 8.35. The van der Waals surface area contributed by atoms with Gasteiger partial charge in [-0.25, -0.2) is 0 Å². The fraction of sp³-hybridized carbons (Fsp3) is 0.929. The van der Waals surface area contributed by atoms with Crippen molar-refractivity contribution < 1.29 is 9.90 Å². The van der Waals surface area contributed by atoms with Gasteiger partial charge in [-0.05, 0) is 33.7 Å². The second-order valence-electron chi connectivity index (χ2n) is 6.20. The number of amides is 1. The Morgan fingerprint density at radius 3 is 2.72 bits per heavy atom. The van der Waals surface area contributed by atoms with Crippen molar-refractivity contribution in [3.05, 3.63) is 0 Å². The molecule has 0 bridgehead atoms. The van der Waals surface area contributed by atoms with E-state index in [1.54, 1.807) is 0 Å². The molecule has 18 heavy (non-hydrogen) atoms. The lowest BCUT2D eigenvalue weighted by molar-refractivity contribution is -0.123. The minimum absolute atomic E-state index is 0.0465. The van der Waals surface area contributed by atoms with Crippen molar-refractivity contribution >= 4 is 5.91 Å². The molecule has 106 valence electrons. The molecule has 0 spiro atoms. The van der Waals surface area contributed by atoms with Gasteiger partial charge in [-0.3, -0.25) is 9.69 Å². The van der Waals surface area contributed by atoms with Gasteiger partial charge in [-0.15, -0.1) is 0 Å². The van der Waals surface area contributed by atoms with Crippen molar-refractivity contribution in [3.63, 3.8) is 0 Å². The van der Waals surface area contributed by atoms with Gasteiger partial charge in [-0.2, -0.15) is 0 Å². The molecule has 4 heteroatoms. The van der Waals surface area contributed by atoms with Gasteiger partial charge in [0.25, 0.3) is 0 Å². The van der Waals surface area contributed by atoms with Crippen LogP contribution in [-0.4, -0.2) is 48.2 Å². The van der Waals surface area contributed by atoms with Crippen LogP contribution in [0.1, 0.15) is 46.5 Å². The number of hydrogen-bond acceptors (Lipinski definition) is 3. The highest BCUT2D eigenvalue weighted by atomic mass is 16.3. The van der Waals surface area contributed by atoms with Crippen molar-refractivity contribution in [1.82, 2.24) is 10.2 Å². The second-order valence-corrected chi connectivity index (χ2v) is 6.20. The van der Waals surface area contributed by atoms with Crippen molar-refractivity contribution in [2.75, 3.05) is 20.1 Å². The molecule has 0 saturated heterocycles. The first-order valence-corrected chi connectivity index (χ1v) is 7.00.